The number of piperidine rings is 1. The maximum atomic E-state index is 13.1. The lowest BCUT2D eigenvalue weighted by molar-refractivity contribution is -0.119. The largest absolute Gasteiger partial charge is 0.472 e. The third-order valence-corrected chi connectivity index (χ3v) is 6.60. The highest BCUT2D eigenvalue weighted by Gasteiger charge is 2.37. The zero-order valence-corrected chi connectivity index (χ0v) is 17.3. The minimum atomic E-state index is -0.117. The van der Waals surface area contributed by atoms with Crippen LogP contribution >= 0.6 is 0 Å². The van der Waals surface area contributed by atoms with E-state index in [4.69, 9.17) is 4.42 Å². The smallest absolute Gasteiger partial charge is 0.322 e. The van der Waals surface area contributed by atoms with E-state index < -0.39 is 0 Å². The van der Waals surface area contributed by atoms with Crippen LogP contribution < -0.4 is 15.5 Å². The van der Waals surface area contributed by atoms with Crippen LogP contribution in [0.15, 0.2) is 41.2 Å². The summed E-state index contributed by atoms with van der Waals surface area (Å²) in [5, 5.41) is 5.93. The number of amides is 4. The molecule has 2 N–H and O–H groups in total. The number of likely N-dealkylation sites (tertiary alicyclic amines) is 1. The van der Waals surface area contributed by atoms with Crippen LogP contribution in [0, 0.1) is 5.92 Å². The Balaban J connectivity index is 1.29. The molecular formula is C23H26N4O4. The van der Waals surface area contributed by atoms with Crippen LogP contribution in [0.5, 0.6) is 0 Å². The van der Waals surface area contributed by atoms with Gasteiger partial charge in [0, 0.05) is 49.4 Å². The molecule has 0 bridgehead atoms. The molecule has 8 heteroatoms. The minimum absolute atomic E-state index is 0.0732. The second-order valence-electron chi connectivity index (χ2n) is 8.52. The molecule has 4 heterocycles. The Hall–Kier alpha value is -3.29. The first-order chi connectivity index (χ1) is 15.1. The summed E-state index contributed by atoms with van der Waals surface area (Å²) in [7, 11) is 0. The van der Waals surface area contributed by atoms with Gasteiger partial charge in [-0.05, 0) is 55.5 Å². The summed E-state index contributed by atoms with van der Waals surface area (Å²) in [5.41, 5.74) is 3.17. The van der Waals surface area contributed by atoms with Gasteiger partial charge in [0.15, 0.2) is 0 Å². The van der Waals surface area contributed by atoms with Crippen molar-refractivity contribution < 1.29 is 18.8 Å². The number of fused-ring (bicyclic) bond motifs is 1. The molecule has 3 aliphatic rings. The predicted molar refractivity (Wildman–Crippen MR) is 115 cm³/mol. The van der Waals surface area contributed by atoms with Gasteiger partial charge in [0.05, 0.1) is 11.8 Å². The van der Waals surface area contributed by atoms with E-state index in [0.717, 1.165) is 42.6 Å². The van der Waals surface area contributed by atoms with Crippen molar-refractivity contribution in [3.63, 3.8) is 0 Å². The molecule has 0 spiro atoms. The Labute approximate surface area is 180 Å². The van der Waals surface area contributed by atoms with Crippen LogP contribution in [-0.2, 0) is 11.2 Å². The Morgan fingerprint density at radius 3 is 2.84 bits per heavy atom. The van der Waals surface area contributed by atoms with E-state index in [-0.39, 0.29) is 29.8 Å². The van der Waals surface area contributed by atoms with Gasteiger partial charge in [0.25, 0.3) is 5.91 Å². The van der Waals surface area contributed by atoms with Crippen LogP contribution in [0.3, 0.4) is 0 Å². The molecule has 162 valence electrons. The molecule has 2 aromatic rings. The molecule has 1 aromatic carbocycles. The van der Waals surface area contributed by atoms with Crippen molar-refractivity contribution in [3.05, 3.63) is 47.9 Å². The molecule has 5 rings (SSSR count). The lowest BCUT2D eigenvalue weighted by atomic mass is 9.90. The summed E-state index contributed by atoms with van der Waals surface area (Å²) in [6, 6.07) is 7.33. The van der Waals surface area contributed by atoms with Gasteiger partial charge in [0.2, 0.25) is 5.91 Å². The number of urea groups is 1. The van der Waals surface area contributed by atoms with Gasteiger partial charge in [-0.25, -0.2) is 4.79 Å². The lowest BCUT2D eigenvalue weighted by Gasteiger charge is -2.38. The fraction of sp³-hybridized carbons (Fsp3) is 0.435. The van der Waals surface area contributed by atoms with Crippen molar-refractivity contribution in [1.82, 2.24) is 10.2 Å². The van der Waals surface area contributed by atoms with Crippen molar-refractivity contribution in [2.45, 2.75) is 38.1 Å². The maximum Gasteiger partial charge on any atom is 0.322 e. The molecule has 0 saturated carbocycles. The molecule has 0 radical (unpaired) electrons. The number of nitrogens with one attached hydrogen (secondary N) is 2. The normalized spacial score (nSPS) is 22.9. The van der Waals surface area contributed by atoms with Crippen molar-refractivity contribution >= 4 is 29.2 Å². The Morgan fingerprint density at radius 1 is 1.16 bits per heavy atom. The summed E-state index contributed by atoms with van der Waals surface area (Å²) >= 11 is 0. The predicted octanol–water partition coefficient (Wildman–Crippen LogP) is 3.01. The highest BCUT2D eigenvalue weighted by Crippen LogP contribution is 2.33. The topological polar surface area (TPSA) is 94.9 Å². The number of hydrogen-bond acceptors (Lipinski definition) is 4. The van der Waals surface area contributed by atoms with Gasteiger partial charge in [0.1, 0.15) is 6.26 Å². The van der Waals surface area contributed by atoms with Gasteiger partial charge in [-0.1, -0.05) is 0 Å². The average Bonchev–Trinajstić information content (AvgIpc) is 3.54. The average molecular weight is 422 g/mol. The molecule has 2 unspecified atom stereocenters. The highest BCUT2D eigenvalue weighted by atomic mass is 16.3. The fourth-order valence-electron chi connectivity index (χ4n) is 5.03. The molecule has 4 amide bonds. The number of rotatable bonds is 3. The van der Waals surface area contributed by atoms with E-state index in [0.29, 0.717) is 31.6 Å². The fourth-order valence-corrected chi connectivity index (χ4v) is 5.03. The number of carbonyl (C=O) groups excluding carboxylic acids is 3. The number of benzene rings is 1. The second kappa shape index (κ2) is 8.09. The highest BCUT2D eigenvalue weighted by molar-refractivity contribution is 6.07. The van der Waals surface area contributed by atoms with Gasteiger partial charge >= 0.3 is 6.03 Å². The monoisotopic (exact) mass is 422 g/mol. The molecule has 3 aliphatic heterocycles. The van der Waals surface area contributed by atoms with E-state index in [9.17, 15) is 14.4 Å². The number of anilines is 2. The Kier molecular flexibility index (Phi) is 5.13. The van der Waals surface area contributed by atoms with Crippen molar-refractivity contribution in [2.75, 3.05) is 29.9 Å². The zero-order valence-electron chi connectivity index (χ0n) is 17.3. The van der Waals surface area contributed by atoms with E-state index in [1.54, 1.807) is 11.0 Å². The van der Waals surface area contributed by atoms with Gasteiger partial charge < -0.3 is 24.9 Å². The van der Waals surface area contributed by atoms with Crippen molar-refractivity contribution in [3.8, 4) is 0 Å². The number of carbonyl (C=O) groups is 3. The Morgan fingerprint density at radius 2 is 2.06 bits per heavy atom. The maximum absolute atomic E-state index is 13.1. The molecule has 0 aliphatic carbocycles. The van der Waals surface area contributed by atoms with Gasteiger partial charge in [-0.15, -0.1) is 0 Å². The van der Waals surface area contributed by atoms with Crippen LogP contribution in [0.2, 0.25) is 0 Å². The molecular weight excluding hydrogens is 396 g/mol. The molecule has 2 fully saturated rings. The third kappa shape index (κ3) is 3.78. The zero-order chi connectivity index (χ0) is 21.4. The molecule has 2 saturated heterocycles. The lowest BCUT2D eigenvalue weighted by Crippen LogP contribution is -2.49. The number of nitrogens with zero attached hydrogens (tertiary/aromatic N) is 2. The SMILES string of the molecule is O=C1CC(C2CCCCN2C(=O)Nc2ccc3c(c2)CCN3C(=O)c2ccoc2)CN1. The first-order valence-corrected chi connectivity index (χ1v) is 10.9. The summed E-state index contributed by atoms with van der Waals surface area (Å²) in [5.74, 6) is 0.172. The van der Waals surface area contributed by atoms with Crippen molar-refractivity contribution in [1.29, 1.82) is 0 Å². The van der Waals surface area contributed by atoms with Crippen LogP contribution in [0.1, 0.15) is 41.6 Å². The quantitative estimate of drug-likeness (QED) is 0.795. The van der Waals surface area contributed by atoms with Gasteiger partial charge in [-0.3, -0.25) is 9.59 Å². The van der Waals surface area contributed by atoms with Crippen LogP contribution in [-0.4, -0.2) is 48.4 Å². The summed E-state index contributed by atoms with van der Waals surface area (Å²) in [4.78, 5) is 41.1. The van der Waals surface area contributed by atoms with E-state index in [1.807, 2.05) is 23.1 Å². The van der Waals surface area contributed by atoms with Gasteiger partial charge in [-0.2, -0.15) is 0 Å². The minimum Gasteiger partial charge on any atom is -0.472 e. The first-order valence-electron chi connectivity index (χ1n) is 10.9. The number of furan rings is 1. The first kappa shape index (κ1) is 19.7. The van der Waals surface area contributed by atoms with Crippen LogP contribution in [0.4, 0.5) is 16.2 Å². The van der Waals surface area contributed by atoms with Crippen LogP contribution in [0.25, 0.3) is 0 Å². The Bertz CT molecular complexity index is 1000. The number of hydrogen-bond donors (Lipinski definition) is 2. The summed E-state index contributed by atoms with van der Waals surface area (Å²) < 4.78 is 5.03. The third-order valence-electron chi connectivity index (χ3n) is 6.60. The summed E-state index contributed by atoms with van der Waals surface area (Å²) in [6.45, 7) is 1.96. The molecule has 1 aromatic heterocycles. The molecule has 8 nitrogen and oxygen atoms in total. The summed E-state index contributed by atoms with van der Waals surface area (Å²) in [6.07, 6.45) is 7.18. The van der Waals surface area contributed by atoms with E-state index in [1.165, 1.54) is 12.5 Å². The standard InChI is InChI=1S/C23H26N4O4/c28-21-12-17(13-24-21)19-3-1-2-8-27(19)23(30)25-18-4-5-20-15(11-18)6-9-26(20)22(29)16-7-10-31-14-16/h4-5,7,10-11,14,17,19H,1-3,6,8-9,12-13H2,(H,24,28)(H,25,30). The van der Waals surface area contributed by atoms with E-state index >= 15 is 0 Å². The molecule has 2 atom stereocenters. The molecule has 31 heavy (non-hydrogen) atoms. The van der Waals surface area contributed by atoms with E-state index in [2.05, 4.69) is 10.6 Å². The van der Waals surface area contributed by atoms with Crippen molar-refractivity contribution in [2.24, 2.45) is 5.92 Å². The second-order valence-corrected chi connectivity index (χ2v) is 8.52.